The number of nitrogens with zero attached hydrogens (tertiary/aromatic N) is 2. The van der Waals surface area contributed by atoms with Crippen molar-refractivity contribution in [1.29, 1.82) is 0 Å². The van der Waals surface area contributed by atoms with Crippen LogP contribution >= 0.6 is 0 Å². The van der Waals surface area contributed by atoms with Crippen LogP contribution in [0.5, 0.6) is 0 Å². The van der Waals surface area contributed by atoms with E-state index in [1.165, 1.54) is 5.56 Å². The SMILES string of the molecule is CCOC1COC2(CCN(Cc3c(C)noc3C)CC2)C1. The van der Waals surface area contributed by atoms with Gasteiger partial charge in [0.1, 0.15) is 5.76 Å². The highest BCUT2D eigenvalue weighted by molar-refractivity contribution is 5.20. The summed E-state index contributed by atoms with van der Waals surface area (Å²) < 4.78 is 17.1. The van der Waals surface area contributed by atoms with Crippen molar-refractivity contribution >= 4 is 0 Å². The number of rotatable bonds is 4. The molecular weight excluding hydrogens is 268 g/mol. The molecule has 0 N–H and O–H groups in total. The van der Waals surface area contributed by atoms with Gasteiger partial charge in [0.25, 0.3) is 0 Å². The minimum absolute atomic E-state index is 0.0646. The average Bonchev–Trinajstić information content (AvgIpc) is 3.00. The first-order valence-electron chi connectivity index (χ1n) is 8.01. The Morgan fingerprint density at radius 1 is 1.33 bits per heavy atom. The Morgan fingerprint density at radius 3 is 2.71 bits per heavy atom. The lowest BCUT2D eigenvalue weighted by Gasteiger charge is -2.38. The van der Waals surface area contributed by atoms with Gasteiger partial charge in [0.05, 0.1) is 24.0 Å². The molecule has 0 aromatic carbocycles. The lowest BCUT2D eigenvalue weighted by molar-refractivity contribution is -0.0465. The fraction of sp³-hybridized carbons (Fsp3) is 0.812. The number of aromatic nitrogens is 1. The van der Waals surface area contributed by atoms with Crippen molar-refractivity contribution in [3.8, 4) is 0 Å². The number of piperidine rings is 1. The van der Waals surface area contributed by atoms with Crippen molar-refractivity contribution in [2.24, 2.45) is 0 Å². The van der Waals surface area contributed by atoms with Crippen molar-refractivity contribution in [3.63, 3.8) is 0 Å². The molecule has 5 heteroatoms. The maximum absolute atomic E-state index is 6.10. The second kappa shape index (κ2) is 6.07. The van der Waals surface area contributed by atoms with Crippen LogP contribution in [0.4, 0.5) is 0 Å². The lowest BCUT2D eigenvalue weighted by Crippen LogP contribution is -2.44. The number of aryl methyl sites for hydroxylation is 2. The van der Waals surface area contributed by atoms with Gasteiger partial charge in [-0.15, -0.1) is 0 Å². The quantitative estimate of drug-likeness (QED) is 0.853. The standard InChI is InChI=1S/C16H26N2O3/c1-4-19-14-9-16(20-11-14)5-7-18(8-6-16)10-15-12(2)17-21-13(15)3/h14H,4-11H2,1-3H3. The minimum atomic E-state index is 0.0646. The van der Waals surface area contributed by atoms with Gasteiger partial charge in [-0.05, 0) is 33.6 Å². The van der Waals surface area contributed by atoms with Crippen molar-refractivity contribution in [2.75, 3.05) is 26.3 Å². The molecule has 2 aliphatic heterocycles. The van der Waals surface area contributed by atoms with Gasteiger partial charge < -0.3 is 14.0 Å². The van der Waals surface area contributed by atoms with Crippen LogP contribution in [0.15, 0.2) is 4.52 Å². The van der Waals surface area contributed by atoms with E-state index in [0.717, 1.165) is 63.6 Å². The van der Waals surface area contributed by atoms with Crippen molar-refractivity contribution in [1.82, 2.24) is 10.1 Å². The third-order valence-electron chi connectivity index (χ3n) is 4.91. The van der Waals surface area contributed by atoms with Crippen LogP contribution in [0.1, 0.15) is 43.2 Å². The molecule has 1 unspecified atom stereocenters. The predicted octanol–water partition coefficient (Wildman–Crippen LogP) is 2.45. The van der Waals surface area contributed by atoms with Crippen LogP contribution in [-0.2, 0) is 16.0 Å². The van der Waals surface area contributed by atoms with E-state index in [4.69, 9.17) is 14.0 Å². The van der Waals surface area contributed by atoms with Gasteiger partial charge in [0.2, 0.25) is 0 Å². The van der Waals surface area contributed by atoms with Crippen LogP contribution in [-0.4, -0.2) is 48.1 Å². The van der Waals surface area contributed by atoms with Crippen LogP contribution < -0.4 is 0 Å². The first-order chi connectivity index (χ1) is 10.1. The third kappa shape index (κ3) is 3.15. The highest BCUT2D eigenvalue weighted by Crippen LogP contribution is 2.37. The van der Waals surface area contributed by atoms with Crippen LogP contribution in [0, 0.1) is 13.8 Å². The average molecular weight is 294 g/mol. The Bertz CT molecular complexity index is 458. The topological polar surface area (TPSA) is 47.7 Å². The Balaban J connectivity index is 1.54. The Morgan fingerprint density at radius 2 is 2.10 bits per heavy atom. The number of ether oxygens (including phenoxy) is 2. The maximum Gasteiger partial charge on any atom is 0.138 e. The van der Waals surface area contributed by atoms with Crippen LogP contribution in [0.25, 0.3) is 0 Å². The smallest absolute Gasteiger partial charge is 0.138 e. The highest BCUT2D eigenvalue weighted by atomic mass is 16.6. The van der Waals surface area contributed by atoms with Crippen LogP contribution in [0.2, 0.25) is 0 Å². The molecule has 0 radical (unpaired) electrons. The molecule has 0 amide bonds. The molecule has 1 spiro atoms. The second-order valence-corrected chi connectivity index (χ2v) is 6.35. The van der Waals surface area contributed by atoms with Crippen LogP contribution in [0.3, 0.4) is 0 Å². The first kappa shape index (κ1) is 15.0. The van der Waals surface area contributed by atoms with Gasteiger partial charge in [-0.2, -0.15) is 0 Å². The third-order valence-corrected chi connectivity index (χ3v) is 4.91. The van der Waals surface area contributed by atoms with E-state index < -0.39 is 0 Å². The molecule has 1 atom stereocenters. The van der Waals surface area contributed by atoms with E-state index in [1.54, 1.807) is 0 Å². The molecule has 1 aromatic rings. The molecular formula is C16H26N2O3. The summed E-state index contributed by atoms with van der Waals surface area (Å²) in [6, 6.07) is 0. The molecule has 2 fully saturated rings. The molecule has 0 bridgehead atoms. The van der Waals surface area contributed by atoms with Gasteiger partial charge in [0, 0.05) is 38.2 Å². The lowest BCUT2D eigenvalue weighted by atomic mass is 9.88. The number of likely N-dealkylation sites (tertiary alicyclic amines) is 1. The molecule has 2 aliphatic rings. The molecule has 2 saturated heterocycles. The summed E-state index contributed by atoms with van der Waals surface area (Å²) in [5, 5.41) is 4.04. The largest absolute Gasteiger partial charge is 0.376 e. The zero-order valence-electron chi connectivity index (χ0n) is 13.4. The fourth-order valence-electron chi connectivity index (χ4n) is 3.56. The minimum Gasteiger partial charge on any atom is -0.376 e. The Kier molecular flexibility index (Phi) is 4.33. The Labute approximate surface area is 126 Å². The molecule has 3 heterocycles. The second-order valence-electron chi connectivity index (χ2n) is 6.35. The van der Waals surface area contributed by atoms with Crippen molar-refractivity contribution in [3.05, 3.63) is 17.0 Å². The highest BCUT2D eigenvalue weighted by Gasteiger charge is 2.43. The van der Waals surface area contributed by atoms with Gasteiger partial charge in [0.15, 0.2) is 0 Å². The van der Waals surface area contributed by atoms with Crippen molar-refractivity contribution < 1.29 is 14.0 Å². The zero-order valence-corrected chi connectivity index (χ0v) is 13.4. The molecule has 21 heavy (non-hydrogen) atoms. The summed E-state index contributed by atoms with van der Waals surface area (Å²) in [5.41, 5.74) is 2.32. The molecule has 1 aromatic heterocycles. The summed E-state index contributed by atoms with van der Waals surface area (Å²) in [6.07, 6.45) is 3.55. The van der Waals surface area contributed by atoms with E-state index >= 15 is 0 Å². The van der Waals surface area contributed by atoms with E-state index in [1.807, 2.05) is 13.8 Å². The van der Waals surface area contributed by atoms with Gasteiger partial charge in [-0.3, -0.25) is 4.90 Å². The number of hydrogen-bond acceptors (Lipinski definition) is 5. The van der Waals surface area contributed by atoms with E-state index in [0.29, 0.717) is 6.10 Å². The van der Waals surface area contributed by atoms with Gasteiger partial charge in [-0.1, -0.05) is 5.16 Å². The van der Waals surface area contributed by atoms with E-state index in [2.05, 4.69) is 17.0 Å². The summed E-state index contributed by atoms with van der Waals surface area (Å²) >= 11 is 0. The van der Waals surface area contributed by atoms with Crippen molar-refractivity contribution in [2.45, 2.75) is 58.3 Å². The summed E-state index contributed by atoms with van der Waals surface area (Å²) in [5.74, 6) is 0.946. The zero-order chi connectivity index (χ0) is 14.9. The fourth-order valence-corrected chi connectivity index (χ4v) is 3.56. The molecule has 3 rings (SSSR count). The molecule has 0 aliphatic carbocycles. The normalized spacial score (nSPS) is 25.8. The maximum atomic E-state index is 6.10. The summed E-state index contributed by atoms with van der Waals surface area (Å²) in [7, 11) is 0. The van der Waals surface area contributed by atoms with E-state index in [9.17, 15) is 0 Å². The predicted molar refractivity (Wildman–Crippen MR) is 79.2 cm³/mol. The number of hydrogen-bond donors (Lipinski definition) is 0. The first-order valence-corrected chi connectivity index (χ1v) is 8.01. The van der Waals surface area contributed by atoms with Gasteiger partial charge in [-0.25, -0.2) is 0 Å². The Hall–Kier alpha value is -0.910. The monoisotopic (exact) mass is 294 g/mol. The van der Waals surface area contributed by atoms with Gasteiger partial charge >= 0.3 is 0 Å². The van der Waals surface area contributed by atoms with E-state index in [-0.39, 0.29) is 5.60 Å². The summed E-state index contributed by atoms with van der Waals surface area (Å²) in [4.78, 5) is 2.48. The molecule has 5 nitrogen and oxygen atoms in total. The molecule has 118 valence electrons. The summed E-state index contributed by atoms with van der Waals surface area (Å²) in [6.45, 7) is 10.7. The molecule has 0 saturated carbocycles.